The molecule has 0 saturated carbocycles. The van der Waals surface area contributed by atoms with Gasteiger partial charge in [0.25, 0.3) is 0 Å². The van der Waals surface area contributed by atoms with E-state index in [1.54, 1.807) is 12.3 Å². The lowest BCUT2D eigenvalue weighted by Gasteiger charge is -2.06. The van der Waals surface area contributed by atoms with E-state index in [2.05, 4.69) is 25.9 Å². The first kappa shape index (κ1) is 11.7. The van der Waals surface area contributed by atoms with Gasteiger partial charge in [-0.15, -0.1) is 0 Å². The van der Waals surface area contributed by atoms with Gasteiger partial charge in [-0.3, -0.25) is 0 Å². The van der Waals surface area contributed by atoms with Crippen molar-refractivity contribution in [3.05, 3.63) is 44.6 Å². The van der Waals surface area contributed by atoms with E-state index >= 15 is 0 Å². The fourth-order valence-corrected chi connectivity index (χ4v) is 1.78. The molecule has 16 heavy (non-hydrogen) atoms. The van der Waals surface area contributed by atoms with Crippen molar-refractivity contribution in [3.8, 4) is 11.6 Å². The summed E-state index contributed by atoms with van der Waals surface area (Å²) in [5.41, 5.74) is 0. The van der Waals surface area contributed by atoms with Crippen molar-refractivity contribution in [1.82, 2.24) is 9.97 Å². The fourth-order valence-electron chi connectivity index (χ4n) is 1.04. The summed E-state index contributed by atoms with van der Waals surface area (Å²) in [6.45, 7) is 0. The van der Waals surface area contributed by atoms with Crippen LogP contribution in [0.1, 0.15) is 0 Å². The standard InChI is InChI=1S/C10H5BrFIN2O/c11-6-1-2-9(7(12)3-6)16-10-8(13)4-14-5-15-10/h1-5H. The summed E-state index contributed by atoms with van der Waals surface area (Å²) >= 11 is 5.20. The molecule has 1 aromatic heterocycles. The van der Waals surface area contributed by atoms with E-state index in [1.165, 1.54) is 18.5 Å². The summed E-state index contributed by atoms with van der Waals surface area (Å²) in [4.78, 5) is 7.74. The summed E-state index contributed by atoms with van der Waals surface area (Å²) < 4.78 is 20.2. The Kier molecular flexibility index (Phi) is 3.70. The quantitative estimate of drug-likeness (QED) is 0.727. The Bertz CT molecular complexity index is 524. The first-order valence-corrected chi connectivity index (χ1v) is 6.12. The van der Waals surface area contributed by atoms with E-state index in [9.17, 15) is 4.39 Å². The summed E-state index contributed by atoms with van der Waals surface area (Å²) in [7, 11) is 0. The molecule has 0 bridgehead atoms. The van der Waals surface area contributed by atoms with Gasteiger partial charge in [0.1, 0.15) is 6.33 Å². The Hall–Kier alpha value is -0.760. The van der Waals surface area contributed by atoms with Crippen molar-refractivity contribution in [1.29, 1.82) is 0 Å². The van der Waals surface area contributed by atoms with Crippen LogP contribution < -0.4 is 4.74 Å². The van der Waals surface area contributed by atoms with Gasteiger partial charge in [-0.2, -0.15) is 0 Å². The van der Waals surface area contributed by atoms with Crippen LogP contribution in [-0.4, -0.2) is 9.97 Å². The van der Waals surface area contributed by atoms with Crippen molar-refractivity contribution in [2.24, 2.45) is 0 Å². The second-order valence-electron chi connectivity index (χ2n) is 2.85. The Morgan fingerprint density at radius 2 is 2.19 bits per heavy atom. The minimum absolute atomic E-state index is 0.139. The lowest BCUT2D eigenvalue weighted by Crippen LogP contribution is -1.94. The number of hydrogen-bond donors (Lipinski definition) is 0. The molecule has 2 aromatic rings. The van der Waals surface area contributed by atoms with E-state index in [4.69, 9.17) is 4.74 Å². The average Bonchev–Trinajstić information content (AvgIpc) is 2.25. The predicted molar refractivity (Wildman–Crippen MR) is 68.9 cm³/mol. The molecule has 1 heterocycles. The molecule has 0 unspecified atom stereocenters. The Labute approximate surface area is 113 Å². The molecule has 0 aliphatic carbocycles. The van der Waals surface area contributed by atoms with Crippen molar-refractivity contribution in [2.75, 3.05) is 0 Å². The van der Waals surface area contributed by atoms with Crippen LogP contribution in [0.15, 0.2) is 35.2 Å². The highest BCUT2D eigenvalue weighted by Crippen LogP contribution is 2.27. The maximum absolute atomic E-state index is 13.5. The van der Waals surface area contributed by atoms with Gasteiger partial charge in [0.15, 0.2) is 11.6 Å². The van der Waals surface area contributed by atoms with Gasteiger partial charge >= 0.3 is 0 Å². The van der Waals surface area contributed by atoms with E-state index < -0.39 is 5.82 Å². The van der Waals surface area contributed by atoms with Gasteiger partial charge in [0.05, 0.1) is 3.57 Å². The van der Waals surface area contributed by atoms with Gasteiger partial charge in [-0.25, -0.2) is 14.4 Å². The van der Waals surface area contributed by atoms with Crippen molar-refractivity contribution in [2.45, 2.75) is 0 Å². The third-order valence-electron chi connectivity index (χ3n) is 1.73. The molecule has 1 aromatic carbocycles. The van der Waals surface area contributed by atoms with Crippen LogP contribution in [0.2, 0.25) is 0 Å². The van der Waals surface area contributed by atoms with Crippen LogP contribution in [0.25, 0.3) is 0 Å². The molecule has 0 aliphatic rings. The molecule has 2 rings (SSSR count). The zero-order valence-electron chi connectivity index (χ0n) is 7.82. The van der Waals surface area contributed by atoms with Crippen LogP contribution in [0.5, 0.6) is 11.6 Å². The van der Waals surface area contributed by atoms with E-state index in [-0.39, 0.29) is 5.75 Å². The van der Waals surface area contributed by atoms with Gasteiger partial charge in [-0.1, -0.05) is 15.9 Å². The number of rotatable bonds is 2. The molecule has 0 amide bonds. The highest BCUT2D eigenvalue weighted by Gasteiger charge is 2.08. The number of ether oxygens (including phenoxy) is 1. The Morgan fingerprint density at radius 3 is 2.88 bits per heavy atom. The lowest BCUT2D eigenvalue weighted by atomic mass is 10.3. The summed E-state index contributed by atoms with van der Waals surface area (Å²) in [6.07, 6.45) is 2.95. The third kappa shape index (κ3) is 2.67. The van der Waals surface area contributed by atoms with Crippen LogP contribution in [0.4, 0.5) is 4.39 Å². The number of benzene rings is 1. The van der Waals surface area contributed by atoms with Crippen LogP contribution in [-0.2, 0) is 0 Å². The first-order chi connectivity index (χ1) is 7.66. The van der Waals surface area contributed by atoms with E-state index in [0.29, 0.717) is 10.4 Å². The molecule has 0 fully saturated rings. The highest BCUT2D eigenvalue weighted by molar-refractivity contribution is 14.1. The smallest absolute Gasteiger partial charge is 0.235 e. The largest absolute Gasteiger partial charge is 0.435 e. The topological polar surface area (TPSA) is 35.0 Å². The summed E-state index contributed by atoms with van der Waals surface area (Å²) in [6, 6.07) is 4.58. The number of halogens is 3. The van der Waals surface area contributed by atoms with Crippen molar-refractivity contribution < 1.29 is 9.13 Å². The average molecular weight is 395 g/mol. The number of hydrogen-bond acceptors (Lipinski definition) is 3. The second kappa shape index (κ2) is 5.05. The maximum atomic E-state index is 13.5. The van der Waals surface area contributed by atoms with Gasteiger partial charge in [0.2, 0.25) is 5.88 Å². The molecule has 0 spiro atoms. The minimum Gasteiger partial charge on any atom is -0.435 e. The highest BCUT2D eigenvalue weighted by atomic mass is 127. The predicted octanol–water partition coefficient (Wildman–Crippen LogP) is 3.78. The molecular weight excluding hydrogens is 390 g/mol. The molecule has 3 nitrogen and oxygen atoms in total. The van der Waals surface area contributed by atoms with Crippen LogP contribution in [0.3, 0.4) is 0 Å². The van der Waals surface area contributed by atoms with Gasteiger partial charge < -0.3 is 4.74 Å². The van der Waals surface area contributed by atoms with Crippen LogP contribution >= 0.6 is 38.5 Å². The molecule has 0 aliphatic heterocycles. The number of aromatic nitrogens is 2. The summed E-state index contributed by atoms with van der Waals surface area (Å²) in [5.74, 6) is 0.0421. The molecule has 0 radical (unpaired) electrons. The van der Waals surface area contributed by atoms with E-state index in [0.717, 1.165) is 3.57 Å². The van der Waals surface area contributed by atoms with Gasteiger partial charge in [0, 0.05) is 10.7 Å². The molecular formula is C10H5BrFIN2O. The fraction of sp³-hybridized carbons (Fsp3) is 0. The molecule has 0 N–H and O–H groups in total. The zero-order chi connectivity index (χ0) is 11.5. The zero-order valence-corrected chi connectivity index (χ0v) is 11.6. The first-order valence-electron chi connectivity index (χ1n) is 4.25. The van der Waals surface area contributed by atoms with Crippen molar-refractivity contribution in [3.63, 3.8) is 0 Å². The lowest BCUT2D eigenvalue weighted by molar-refractivity contribution is 0.423. The van der Waals surface area contributed by atoms with E-state index in [1.807, 2.05) is 22.6 Å². The SMILES string of the molecule is Fc1cc(Br)ccc1Oc1ncncc1I. The minimum atomic E-state index is -0.441. The Morgan fingerprint density at radius 1 is 1.38 bits per heavy atom. The second-order valence-corrected chi connectivity index (χ2v) is 4.93. The number of nitrogens with zero attached hydrogens (tertiary/aromatic N) is 2. The molecule has 6 heteroatoms. The van der Waals surface area contributed by atoms with Gasteiger partial charge in [-0.05, 0) is 40.8 Å². The monoisotopic (exact) mass is 394 g/mol. The molecule has 0 atom stereocenters. The Balaban J connectivity index is 2.31. The normalized spacial score (nSPS) is 10.2. The molecule has 82 valence electrons. The van der Waals surface area contributed by atoms with Crippen LogP contribution in [0, 0.1) is 9.39 Å². The molecule has 0 saturated heterocycles. The summed E-state index contributed by atoms with van der Waals surface area (Å²) in [5, 5.41) is 0. The van der Waals surface area contributed by atoms with Crippen molar-refractivity contribution >= 4 is 38.5 Å². The third-order valence-corrected chi connectivity index (χ3v) is 2.97. The maximum Gasteiger partial charge on any atom is 0.235 e.